The Morgan fingerprint density at radius 1 is 1.48 bits per heavy atom. The number of nitrogens with zero attached hydrogens (tertiary/aromatic N) is 2. The Kier molecular flexibility index (Phi) is 4.29. The number of aliphatic hydroxyl groups excluding tert-OH is 1. The molecule has 2 N–H and O–H groups in total. The second-order valence-corrected chi connectivity index (χ2v) is 5.12. The van der Waals surface area contributed by atoms with E-state index in [-0.39, 0.29) is 16.8 Å². The number of carbonyl (C=O) groups excluding carboxylic acids is 1. The molecule has 1 aromatic carbocycles. The lowest BCUT2D eigenvalue weighted by atomic mass is 9.94. The lowest BCUT2D eigenvalue weighted by molar-refractivity contribution is -0.137. The molecule has 1 heterocycles. The second kappa shape index (κ2) is 5.89. The lowest BCUT2D eigenvalue weighted by Gasteiger charge is -2.34. The van der Waals surface area contributed by atoms with Gasteiger partial charge in [0.1, 0.15) is 6.04 Å². The Bertz CT molecular complexity index is 752. The highest BCUT2D eigenvalue weighted by Gasteiger charge is 2.38. The highest BCUT2D eigenvalue weighted by molar-refractivity contribution is 7.79. The zero-order chi connectivity index (χ0) is 17.4. The molecule has 2 amide bonds. The molecule has 23 heavy (non-hydrogen) atoms. The summed E-state index contributed by atoms with van der Waals surface area (Å²) in [6.45, 7) is 1.44. The molecule has 0 bridgehead atoms. The molecular formula is C14H10F3N3O2S. The number of rotatable bonds is 1. The van der Waals surface area contributed by atoms with Crippen molar-refractivity contribution in [3.8, 4) is 6.07 Å². The van der Waals surface area contributed by atoms with Crippen LogP contribution in [0, 0.1) is 11.3 Å². The van der Waals surface area contributed by atoms with Crippen molar-refractivity contribution in [1.29, 1.82) is 5.26 Å². The number of allylic oxidation sites excluding steroid dienone is 1. The third-order valence-electron chi connectivity index (χ3n) is 3.31. The summed E-state index contributed by atoms with van der Waals surface area (Å²) in [5.41, 5.74) is -0.741. The minimum Gasteiger partial charge on any atom is -0.486 e. The Balaban J connectivity index is 2.65. The van der Waals surface area contributed by atoms with Crippen LogP contribution in [0.1, 0.15) is 24.1 Å². The van der Waals surface area contributed by atoms with E-state index < -0.39 is 29.0 Å². The maximum Gasteiger partial charge on any atom is 0.416 e. The van der Waals surface area contributed by atoms with Crippen LogP contribution in [0.3, 0.4) is 0 Å². The molecule has 120 valence electrons. The zero-order valence-corrected chi connectivity index (χ0v) is 12.5. The number of benzene rings is 1. The van der Waals surface area contributed by atoms with Gasteiger partial charge in [-0.1, -0.05) is 12.1 Å². The van der Waals surface area contributed by atoms with Crippen molar-refractivity contribution >= 4 is 23.4 Å². The van der Waals surface area contributed by atoms with Crippen molar-refractivity contribution in [2.45, 2.75) is 19.1 Å². The molecule has 1 aromatic rings. The highest BCUT2D eigenvalue weighted by Crippen LogP contribution is 2.36. The molecule has 9 heteroatoms. The van der Waals surface area contributed by atoms with Gasteiger partial charge in [-0.05, 0) is 36.8 Å². The van der Waals surface area contributed by atoms with Gasteiger partial charge in [-0.15, -0.1) is 0 Å². The summed E-state index contributed by atoms with van der Waals surface area (Å²) in [4.78, 5) is 12.6. The van der Waals surface area contributed by atoms with Crippen molar-refractivity contribution in [1.82, 2.24) is 10.2 Å². The number of amides is 2. The number of thiocarbonyl (C=S) groups is 1. The van der Waals surface area contributed by atoms with Crippen molar-refractivity contribution in [3.05, 3.63) is 46.7 Å². The van der Waals surface area contributed by atoms with Crippen LogP contribution in [0.25, 0.3) is 0 Å². The van der Waals surface area contributed by atoms with Gasteiger partial charge in [0.15, 0.2) is 0 Å². The van der Waals surface area contributed by atoms with Gasteiger partial charge < -0.3 is 10.4 Å². The first-order valence-electron chi connectivity index (χ1n) is 6.28. The molecule has 0 saturated carbocycles. The van der Waals surface area contributed by atoms with E-state index in [2.05, 4.69) is 17.5 Å². The van der Waals surface area contributed by atoms with E-state index in [0.29, 0.717) is 4.90 Å². The maximum atomic E-state index is 12.9. The molecule has 0 saturated heterocycles. The van der Waals surface area contributed by atoms with E-state index in [0.717, 1.165) is 18.2 Å². The molecule has 1 aliphatic heterocycles. The Morgan fingerprint density at radius 2 is 2.13 bits per heavy atom. The van der Waals surface area contributed by atoms with Gasteiger partial charge in [0.2, 0.25) is 0 Å². The predicted molar refractivity (Wildman–Crippen MR) is 78.1 cm³/mol. The Morgan fingerprint density at radius 3 is 2.65 bits per heavy atom. The summed E-state index contributed by atoms with van der Waals surface area (Å²) in [6, 6.07) is 3.96. The normalized spacial score (nSPS) is 18.5. The minimum absolute atomic E-state index is 0.0136. The van der Waals surface area contributed by atoms with Crippen LogP contribution < -0.4 is 5.32 Å². The summed E-state index contributed by atoms with van der Waals surface area (Å²) in [6.07, 6.45) is -4.58. The van der Waals surface area contributed by atoms with E-state index in [4.69, 9.17) is 0 Å². The average molecular weight is 341 g/mol. The number of hydrogen-bond donors (Lipinski definition) is 2. The third kappa shape index (κ3) is 3.12. The smallest absolute Gasteiger partial charge is 0.416 e. The molecule has 0 spiro atoms. The van der Waals surface area contributed by atoms with E-state index in [9.17, 15) is 28.3 Å². The molecule has 1 atom stereocenters. The first-order valence-corrected chi connectivity index (χ1v) is 6.68. The monoisotopic (exact) mass is 341 g/mol. The molecule has 0 radical (unpaired) electrons. The molecule has 0 aliphatic carbocycles. The van der Waals surface area contributed by atoms with Gasteiger partial charge in [0.25, 0.3) is 5.17 Å². The van der Waals surface area contributed by atoms with Crippen molar-refractivity contribution in [2.75, 3.05) is 0 Å². The number of carbonyl (C=O) groups is 1. The fraction of sp³-hybridized carbons (Fsp3) is 0.214. The van der Waals surface area contributed by atoms with E-state index >= 15 is 0 Å². The van der Waals surface area contributed by atoms with Crippen molar-refractivity contribution < 1.29 is 23.1 Å². The molecular weight excluding hydrogens is 331 g/mol. The number of aliphatic hydroxyl groups is 1. The predicted octanol–water partition coefficient (Wildman–Crippen LogP) is 3.41. The third-order valence-corrected chi connectivity index (χ3v) is 3.50. The van der Waals surface area contributed by atoms with E-state index in [1.165, 1.54) is 13.0 Å². The van der Waals surface area contributed by atoms with Crippen LogP contribution >= 0.6 is 12.2 Å². The number of urea groups is 1. The van der Waals surface area contributed by atoms with Gasteiger partial charge in [0.05, 0.1) is 17.2 Å². The van der Waals surface area contributed by atoms with Crippen molar-refractivity contribution in [3.63, 3.8) is 0 Å². The first kappa shape index (κ1) is 16.8. The van der Waals surface area contributed by atoms with Gasteiger partial charge in [-0.3, -0.25) is 0 Å². The summed E-state index contributed by atoms with van der Waals surface area (Å²) in [7, 11) is 0. The number of nitrogens with one attached hydrogen (secondary N) is 1. The van der Waals surface area contributed by atoms with Crippen molar-refractivity contribution in [2.24, 2.45) is 0 Å². The lowest BCUT2D eigenvalue weighted by Crippen LogP contribution is -2.49. The van der Waals surface area contributed by atoms with Gasteiger partial charge >= 0.3 is 12.2 Å². The number of hydrogen-bond acceptors (Lipinski definition) is 3. The highest BCUT2D eigenvalue weighted by atomic mass is 32.1. The molecule has 0 aromatic heterocycles. The minimum atomic E-state index is -4.58. The molecule has 1 aliphatic rings. The van der Waals surface area contributed by atoms with Crippen LogP contribution in [0.5, 0.6) is 0 Å². The molecule has 2 rings (SSSR count). The first-order chi connectivity index (χ1) is 10.7. The number of nitriles is 1. The van der Waals surface area contributed by atoms with Crippen LogP contribution in [-0.4, -0.2) is 21.2 Å². The van der Waals surface area contributed by atoms with Gasteiger partial charge in [-0.2, -0.15) is 18.4 Å². The number of halogens is 3. The molecule has 1 unspecified atom stereocenters. The maximum absolute atomic E-state index is 12.9. The average Bonchev–Trinajstić information content (AvgIpc) is 2.45. The van der Waals surface area contributed by atoms with Crippen LogP contribution in [0.2, 0.25) is 0 Å². The van der Waals surface area contributed by atoms with Crippen LogP contribution in [0.4, 0.5) is 18.0 Å². The summed E-state index contributed by atoms with van der Waals surface area (Å²) >= 11 is 4.58. The quantitative estimate of drug-likeness (QED) is 0.768. The van der Waals surface area contributed by atoms with E-state index in [1.807, 2.05) is 6.07 Å². The zero-order valence-electron chi connectivity index (χ0n) is 11.7. The van der Waals surface area contributed by atoms with Crippen LogP contribution in [0.15, 0.2) is 35.5 Å². The largest absolute Gasteiger partial charge is 0.486 e. The summed E-state index contributed by atoms with van der Waals surface area (Å²) < 4.78 is 38.6. The van der Waals surface area contributed by atoms with E-state index in [1.54, 1.807) is 0 Å². The fourth-order valence-corrected chi connectivity index (χ4v) is 2.47. The SMILES string of the molecule is CC1=C(C#N)C(c2cccc(C(F)(F)F)c2)N(C(O)=S)C(=O)N1. The van der Waals surface area contributed by atoms with Gasteiger partial charge in [0, 0.05) is 5.70 Å². The summed E-state index contributed by atoms with van der Waals surface area (Å²) in [5, 5.41) is 20.3. The Hall–Kier alpha value is -2.60. The fourth-order valence-electron chi connectivity index (χ4n) is 2.28. The standard InChI is InChI=1S/C14H10F3N3O2S/c1-7-10(6-18)11(20(13(22)23)12(21)19-7)8-3-2-4-9(5-8)14(15,16)17/h2-5,11H,1H3,(H,19,21)(H,22,23). The molecule has 0 fully saturated rings. The molecule has 5 nitrogen and oxygen atoms in total. The second-order valence-electron chi connectivity index (χ2n) is 4.76. The topological polar surface area (TPSA) is 76.4 Å². The van der Waals surface area contributed by atoms with Gasteiger partial charge in [-0.25, -0.2) is 9.69 Å². The number of alkyl halides is 3. The Labute approximate surface area is 134 Å². The van der Waals surface area contributed by atoms with Crippen LogP contribution in [-0.2, 0) is 6.18 Å². The summed E-state index contributed by atoms with van der Waals surface area (Å²) in [5.74, 6) is 0.